The van der Waals surface area contributed by atoms with Crippen LogP contribution >= 0.6 is 22.6 Å². The molecule has 0 aromatic heterocycles. The van der Waals surface area contributed by atoms with Gasteiger partial charge < -0.3 is 9.47 Å². The van der Waals surface area contributed by atoms with Crippen LogP contribution in [0.1, 0.15) is 194 Å². The highest BCUT2D eigenvalue weighted by molar-refractivity contribution is 14.1. The third kappa shape index (κ3) is 32.3. The summed E-state index contributed by atoms with van der Waals surface area (Å²) < 4.78 is 11.6. The van der Waals surface area contributed by atoms with Crippen LogP contribution in [0, 0.1) is 0 Å². The van der Waals surface area contributed by atoms with E-state index in [4.69, 9.17) is 9.47 Å². The maximum absolute atomic E-state index is 12.2. The van der Waals surface area contributed by atoms with Gasteiger partial charge in [-0.05, 0) is 38.5 Å². The third-order valence-corrected chi connectivity index (χ3v) is 9.01. The Morgan fingerprint density at radius 2 is 0.881 bits per heavy atom. The van der Waals surface area contributed by atoms with E-state index in [1.807, 2.05) is 0 Å². The van der Waals surface area contributed by atoms with Crippen molar-refractivity contribution in [2.24, 2.45) is 0 Å². The Balaban J connectivity index is 3.55. The number of hydrogen-bond acceptors (Lipinski definition) is 4. The number of allylic oxidation sites excluding steroid dienone is 2. The van der Waals surface area contributed by atoms with Crippen molar-refractivity contribution in [3.8, 4) is 0 Å². The van der Waals surface area contributed by atoms with Gasteiger partial charge in [0.1, 0.15) is 12.7 Å². The average Bonchev–Trinajstić information content (AvgIpc) is 2.99. The van der Waals surface area contributed by atoms with E-state index in [2.05, 4.69) is 48.6 Å². The first-order valence-corrected chi connectivity index (χ1v) is 19.7. The van der Waals surface area contributed by atoms with E-state index in [1.165, 1.54) is 141 Å². The van der Waals surface area contributed by atoms with Crippen LogP contribution in [0.3, 0.4) is 0 Å². The zero-order valence-corrected chi connectivity index (χ0v) is 30.1. The summed E-state index contributed by atoms with van der Waals surface area (Å²) >= 11 is 2.20. The molecule has 0 bridgehead atoms. The monoisotopic (exact) mass is 704 g/mol. The minimum Gasteiger partial charge on any atom is -0.462 e. The number of carbonyl (C=O) groups excluding carboxylic acids is 2. The second-order valence-electron chi connectivity index (χ2n) is 12.3. The molecule has 0 saturated carbocycles. The maximum atomic E-state index is 12.2. The number of rotatable bonds is 33. The standard InChI is InChI=1S/C37H69IO4/c1-3-5-7-9-11-13-15-17-18-20-22-24-26-28-30-32-37(40)42-35(33-38)34-41-36(39)31-29-27-25-23-21-19-16-14-12-10-8-6-4-2/h17-18,35H,3-16,19-34H2,1-2H3/b18-17-/t35-/m0/s1. The summed E-state index contributed by atoms with van der Waals surface area (Å²) in [6, 6.07) is 0. The zero-order chi connectivity index (χ0) is 30.8. The minimum absolute atomic E-state index is 0.165. The summed E-state index contributed by atoms with van der Waals surface area (Å²) in [5.74, 6) is -0.330. The molecule has 0 unspecified atom stereocenters. The van der Waals surface area contributed by atoms with Crippen LogP contribution in [-0.2, 0) is 19.1 Å². The van der Waals surface area contributed by atoms with Crippen molar-refractivity contribution in [1.29, 1.82) is 0 Å². The Hall–Kier alpha value is -0.590. The van der Waals surface area contributed by atoms with Crippen LogP contribution < -0.4 is 0 Å². The van der Waals surface area contributed by atoms with E-state index < -0.39 is 0 Å². The number of halogens is 1. The van der Waals surface area contributed by atoms with Crippen molar-refractivity contribution in [1.82, 2.24) is 0 Å². The molecule has 0 aliphatic heterocycles. The van der Waals surface area contributed by atoms with Gasteiger partial charge >= 0.3 is 11.9 Å². The Labute approximate surface area is 275 Å². The normalized spacial score (nSPS) is 12.2. The highest BCUT2D eigenvalue weighted by atomic mass is 127. The highest BCUT2D eigenvalue weighted by Crippen LogP contribution is 2.14. The van der Waals surface area contributed by atoms with E-state index in [-0.39, 0.29) is 24.6 Å². The number of esters is 2. The van der Waals surface area contributed by atoms with Crippen molar-refractivity contribution < 1.29 is 19.1 Å². The molecule has 0 saturated heterocycles. The van der Waals surface area contributed by atoms with Crippen LogP contribution in [0.4, 0.5) is 0 Å². The first-order valence-electron chi connectivity index (χ1n) is 18.2. The molecule has 0 heterocycles. The predicted octanol–water partition coefficient (Wildman–Crippen LogP) is 12.4. The molecule has 248 valence electrons. The SMILES string of the molecule is CCCCCCCC/C=C\CCCCCCCC(=O)O[C@@H](CI)COC(=O)CCCCCCCCCCCCCCC. The fourth-order valence-electron chi connectivity index (χ4n) is 5.24. The lowest BCUT2D eigenvalue weighted by Gasteiger charge is -2.15. The molecule has 5 heteroatoms. The van der Waals surface area contributed by atoms with E-state index in [0.717, 1.165) is 25.7 Å². The molecule has 42 heavy (non-hydrogen) atoms. The summed E-state index contributed by atoms with van der Waals surface area (Å²) in [7, 11) is 0. The van der Waals surface area contributed by atoms with Crippen molar-refractivity contribution >= 4 is 34.5 Å². The zero-order valence-electron chi connectivity index (χ0n) is 28.0. The van der Waals surface area contributed by atoms with Gasteiger partial charge in [0, 0.05) is 17.3 Å². The Morgan fingerprint density at radius 3 is 1.29 bits per heavy atom. The molecule has 0 N–H and O–H groups in total. The topological polar surface area (TPSA) is 52.6 Å². The minimum atomic E-state index is -0.336. The van der Waals surface area contributed by atoms with E-state index in [1.54, 1.807) is 0 Å². The number of alkyl halides is 1. The van der Waals surface area contributed by atoms with Gasteiger partial charge in [0.05, 0.1) is 0 Å². The van der Waals surface area contributed by atoms with Gasteiger partial charge in [0.15, 0.2) is 0 Å². The van der Waals surface area contributed by atoms with Gasteiger partial charge in [0.2, 0.25) is 0 Å². The van der Waals surface area contributed by atoms with E-state index >= 15 is 0 Å². The Bertz CT molecular complexity index is 607. The number of ether oxygens (including phenoxy) is 2. The molecule has 0 aromatic rings. The fraction of sp³-hybridized carbons (Fsp3) is 0.892. The van der Waals surface area contributed by atoms with Crippen molar-refractivity contribution in [2.45, 2.75) is 200 Å². The van der Waals surface area contributed by atoms with Crippen LogP contribution in [0.2, 0.25) is 0 Å². The molecular weight excluding hydrogens is 635 g/mol. The molecule has 0 aromatic carbocycles. The summed E-state index contributed by atoms with van der Waals surface area (Å²) in [6.07, 6.45) is 38.3. The third-order valence-electron chi connectivity index (χ3n) is 8.03. The maximum Gasteiger partial charge on any atom is 0.306 e. The summed E-state index contributed by atoms with van der Waals surface area (Å²) in [5, 5.41) is 0. The summed E-state index contributed by atoms with van der Waals surface area (Å²) in [4.78, 5) is 24.3. The Morgan fingerprint density at radius 1 is 0.524 bits per heavy atom. The molecule has 4 nitrogen and oxygen atoms in total. The van der Waals surface area contributed by atoms with Crippen molar-refractivity contribution in [2.75, 3.05) is 11.0 Å². The Kier molecular flexibility index (Phi) is 34.4. The van der Waals surface area contributed by atoms with Crippen LogP contribution in [0.25, 0.3) is 0 Å². The second-order valence-corrected chi connectivity index (χ2v) is 13.2. The lowest BCUT2D eigenvalue weighted by molar-refractivity contribution is -0.157. The molecule has 0 amide bonds. The van der Waals surface area contributed by atoms with Gasteiger partial charge in [-0.1, -0.05) is 177 Å². The first kappa shape index (κ1) is 41.4. The lowest BCUT2D eigenvalue weighted by atomic mass is 10.0. The largest absolute Gasteiger partial charge is 0.462 e. The van der Waals surface area contributed by atoms with Crippen LogP contribution in [0.15, 0.2) is 12.2 Å². The van der Waals surface area contributed by atoms with Crippen LogP contribution in [0.5, 0.6) is 0 Å². The number of unbranched alkanes of at least 4 members (excludes halogenated alkanes) is 23. The molecule has 0 aliphatic carbocycles. The quantitative estimate of drug-likeness (QED) is 0.0224. The molecule has 0 radical (unpaired) electrons. The molecule has 1 atom stereocenters. The van der Waals surface area contributed by atoms with Crippen molar-refractivity contribution in [3.63, 3.8) is 0 Å². The molecule has 0 fully saturated rings. The van der Waals surface area contributed by atoms with E-state index in [0.29, 0.717) is 17.3 Å². The molecular formula is C37H69IO4. The van der Waals surface area contributed by atoms with Crippen molar-refractivity contribution in [3.05, 3.63) is 12.2 Å². The van der Waals surface area contributed by atoms with Gasteiger partial charge in [-0.15, -0.1) is 0 Å². The van der Waals surface area contributed by atoms with Gasteiger partial charge in [-0.2, -0.15) is 0 Å². The smallest absolute Gasteiger partial charge is 0.306 e. The number of hydrogen-bond donors (Lipinski definition) is 0. The predicted molar refractivity (Wildman–Crippen MR) is 189 cm³/mol. The second kappa shape index (κ2) is 34.9. The van der Waals surface area contributed by atoms with E-state index in [9.17, 15) is 9.59 Å². The lowest BCUT2D eigenvalue weighted by Crippen LogP contribution is -2.26. The summed E-state index contributed by atoms with van der Waals surface area (Å²) in [6.45, 7) is 4.71. The number of carbonyl (C=O) groups is 2. The fourth-order valence-corrected chi connectivity index (χ4v) is 5.67. The highest BCUT2D eigenvalue weighted by Gasteiger charge is 2.15. The molecule has 0 spiro atoms. The average molecular weight is 705 g/mol. The van der Waals surface area contributed by atoms with Gasteiger partial charge in [-0.25, -0.2) is 0 Å². The molecule has 0 aliphatic rings. The summed E-state index contributed by atoms with van der Waals surface area (Å²) in [5.41, 5.74) is 0. The van der Waals surface area contributed by atoms with Crippen LogP contribution in [-0.4, -0.2) is 29.1 Å². The first-order chi connectivity index (χ1) is 20.6. The van der Waals surface area contributed by atoms with Gasteiger partial charge in [0.25, 0.3) is 0 Å². The van der Waals surface area contributed by atoms with Gasteiger partial charge in [-0.3, -0.25) is 9.59 Å². The molecule has 0 rings (SSSR count).